The molecule has 0 amide bonds. The van der Waals surface area contributed by atoms with E-state index in [0.717, 1.165) is 18.5 Å². The third-order valence-corrected chi connectivity index (χ3v) is 4.04. The molecule has 0 spiro atoms. The second-order valence-electron chi connectivity index (χ2n) is 4.45. The van der Waals surface area contributed by atoms with E-state index in [1.807, 2.05) is 11.4 Å². The third kappa shape index (κ3) is 2.25. The SMILES string of the molecule is O=C(C#Cc1cc2c([nH]1)CCCC2)c1cccs1. The number of rotatable bonds is 1. The van der Waals surface area contributed by atoms with E-state index in [1.165, 1.54) is 35.4 Å². The van der Waals surface area contributed by atoms with Crippen LogP contribution in [-0.4, -0.2) is 10.8 Å². The molecule has 2 aromatic rings. The van der Waals surface area contributed by atoms with Crippen molar-refractivity contribution in [3.05, 3.63) is 45.4 Å². The molecule has 0 bridgehead atoms. The Hall–Kier alpha value is -1.79. The Morgan fingerprint density at radius 3 is 3.00 bits per heavy atom. The minimum absolute atomic E-state index is 0.0995. The van der Waals surface area contributed by atoms with E-state index in [1.54, 1.807) is 6.07 Å². The number of hydrogen-bond acceptors (Lipinski definition) is 2. The lowest BCUT2D eigenvalue weighted by molar-refractivity contribution is 0.106. The summed E-state index contributed by atoms with van der Waals surface area (Å²) in [6.45, 7) is 0. The molecule has 1 N–H and O–H groups in total. The molecule has 0 aromatic carbocycles. The average molecular weight is 255 g/mol. The second-order valence-corrected chi connectivity index (χ2v) is 5.40. The molecule has 0 saturated carbocycles. The van der Waals surface area contributed by atoms with Gasteiger partial charge in [-0.3, -0.25) is 4.79 Å². The zero-order chi connectivity index (χ0) is 12.4. The Morgan fingerprint density at radius 2 is 2.22 bits per heavy atom. The van der Waals surface area contributed by atoms with Gasteiger partial charge in [-0.2, -0.15) is 0 Å². The van der Waals surface area contributed by atoms with Gasteiger partial charge in [0.15, 0.2) is 0 Å². The highest BCUT2D eigenvalue weighted by Gasteiger charge is 2.11. The van der Waals surface area contributed by atoms with E-state index in [-0.39, 0.29) is 5.78 Å². The van der Waals surface area contributed by atoms with Gasteiger partial charge < -0.3 is 4.98 Å². The average Bonchev–Trinajstić information content (AvgIpc) is 3.04. The molecule has 0 atom stereocenters. The first kappa shape index (κ1) is 11.3. The first-order valence-corrected chi connectivity index (χ1v) is 7.01. The number of Topliss-reactive ketones (excluding diaryl/α,β-unsaturated/α-hetero) is 1. The molecule has 0 saturated heterocycles. The quantitative estimate of drug-likeness (QED) is 0.616. The van der Waals surface area contributed by atoms with E-state index in [0.29, 0.717) is 4.88 Å². The Kier molecular flexibility index (Phi) is 3.04. The summed E-state index contributed by atoms with van der Waals surface area (Å²) in [5, 5.41) is 1.89. The summed E-state index contributed by atoms with van der Waals surface area (Å²) in [4.78, 5) is 15.8. The van der Waals surface area contributed by atoms with Gasteiger partial charge in [-0.1, -0.05) is 6.07 Å². The smallest absolute Gasteiger partial charge is 0.246 e. The van der Waals surface area contributed by atoms with Gasteiger partial charge in [0.2, 0.25) is 5.78 Å². The van der Waals surface area contributed by atoms with Crippen molar-refractivity contribution in [3.8, 4) is 11.8 Å². The molecular formula is C15H13NOS. The number of fused-ring (bicyclic) bond motifs is 1. The lowest BCUT2D eigenvalue weighted by Gasteiger charge is -2.08. The maximum absolute atomic E-state index is 11.7. The van der Waals surface area contributed by atoms with Crippen LogP contribution in [0.5, 0.6) is 0 Å². The van der Waals surface area contributed by atoms with E-state index in [9.17, 15) is 4.79 Å². The summed E-state index contributed by atoms with van der Waals surface area (Å²) in [7, 11) is 0. The fourth-order valence-corrected chi connectivity index (χ4v) is 2.88. The number of thiophene rings is 1. The van der Waals surface area contributed by atoms with Crippen molar-refractivity contribution >= 4 is 17.1 Å². The molecule has 1 aliphatic carbocycles. The van der Waals surface area contributed by atoms with Gasteiger partial charge in [0.05, 0.1) is 10.6 Å². The van der Waals surface area contributed by atoms with Gasteiger partial charge in [-0.15, -0.1) is 11.3 Å². The highest BCUT2D eigenvalue weighted by molar-refractivity contribution is 7.12. The number of carbonyl (C=O) groups excluding carboxylic acids is 1. The minimum Gasteiger partial charge on any atom is -0.352 e. The first-order valence-electron chi connectivity index (χ1n) is 6.13. The molecule has 2 heterocycles. The monoisotopic (exact) mass is 255 g/mol. The molecule has 0 radical (unpaired) electrons. The molecule has 90 valence electrons. The van der Waals surface area contributed by atoms with Crippen molar-refractivity contribution in [3.63, 3.8) is 0 Å². The van der Waals surface area contributed by atoms with Crippen LogP contribution in [0.1, 0.15) is 39.5 Å². The molecule has 18 heavy (non-hydrogen) atoms. The molecular weight excluding hydrogens is 242 g/mol. The van der Waals surface area contributed by atoms with Crippen molar-refractivity contribution in [1.82, 2.24) is 4.98 Å². The van der Waals surface area contributed by atoms with Crippen molar-refractivity contribution in [1.29, 1.82) is 0 Å². The van der Waals surface area contributed by atoms with Crippen molar-refractivity contribution in [2.24, 2.45) is 0 Å². The van der Waals surface area contributed by atoms with Gasteiger partial charge in [0, 0.05) is 5.69 Å². The lowest BCUT2D eigenvalue weighted by Crippen LogP contribution is -1.99. The number of H-pyrrole nitrogens is 1. The van der Waals surface area contributed by atoms with E-state index in [2.05, 4.69) is 22.9 Å². The Balaban J connectivity index is 1.81. The summed E-state index contributed by atoms with van der Waals surface area (Å²) in [6.07, 6.45) is 4.74. The Bertz CT molecular complexity index is 602. The summed E-state index contributed by atoms with van der Waals surface area (Å²) in [5.41, 5.74) is 3.54. The highest BCUT2D eigenvalue weighted by Crippen LogP contribution is 2.21. The van der Waals surface area contributed by atoms with E-state index >= 15 is 0 Å². The van der Waals surface area contributed by atoms with Crippen LogP contribution in [0.3, 0.4) is 0 Å². The maximum Gasteiger partial charge on any atom is 0.246 e. The van der Waals surface area contributed by atoms with Crippen molar-refractivity contribution < 1.29 is 4.79 Å². The molecule has 3 rings (SSSR count). The standard InChI is InChI=1S/C15H13NOS/c17-14(15-6-3-9-18-15)8-7-12-10-11-4-1-2-5-13(11)16-12/h3,6,9-10,16H,1-2,4-5H2. The topological polar surface area (TPSA) is 32.9 Å². The van der Waals surface area contributed by atoms with Crippen LogP contribution in [0.2, 0.25) is 0 Å². The van der Waals surface area contributed by atoms with Gasteiger partial charge in [-0.25, -0.2) is 0 Å². The molecule has 2 nitrogen and oxygen atoms in total. The van der Waals surface area contributed by atoms with Crippen molar-refractivity contribution in [2.75, 3.05) is 0 Å². The van der Waals surface area contributed by atoms with E-state index in [4.69, 9.17) is 0 Å². The van der Waals surface area contributed by atoms with Crippen LogP contribution in [0.15, 0.2) is 23.6 Å². The molecule has 2 aromatic heterocycles. The summed E-state index contributed by atoms with van der Waals surface area (Å²) in [6, 6.07) is 5.76. The summed E-state index contributed by atoms with van der Waals surface area (Å²) in [5.74, 6) is 5.54. The number of aromatic nitrogens is 1. The van der Waals surface area contributed by atoms with Gasteiger partial charge in [0.1, 0.15) is 0 Å². The van der Waals surface area contributed by atoms with Crippen LogP contribution in [0, 0.1) is 11.8 Å². The summed E-state index contributed by atoms with van der Waals surface area (Å²) >= 11 is 1.43. The molecule has 0 aliphatic heterocycles. The number of aromatic amines is 1. The molecule has 0 unspecified atom stereocenters. The van der Waals surface area contributed by atoms with Gasteiger partial charge in [0.25, 0.3) is 0 Å². The van der Waals surface area contributed by atoms with Gasteiger partial charge >= 0.3 is 0 Å². The third-order valence-electron chi connectivity index (χ3n) is 3.17. The molecule has 1 aliphatic rings. The maximum atomic E-state index is 11.7. The summed E-state index contributed by atoms with van der Waals surface area (Å²) < 4.78 is 0. The molecule has 0 fully saturated rings. The lowest BCUT2D eigenvalue weighted by atomic mass is 9.98. The van der Waals surface area contributed by atoms with Gasteiger partial charge in [-0.05, 0) is 60.6 Å². The van der Waals surface area contributed by atoms with Crippen molar-refractivity contribution in [2.45, 2.75) is 25.7 Å². The Morgan fingerprint density at radius 1 is 1.33 bits per heavy atom. The van der Waals surface area contributed by atoms with Crippen LogP contribution in [0.25, 0.3) is 0 Å². The number of carbonyl (C=O) groups is 1. The number of hydrogen-bond donors (Lipinski definition) is 1. The predicted molar refractivity (Wildman–Crippen MR) is 73.0 cm³/mol. The largest absolute Gasteiger partial charge is 0.352 e. The zero-order valence-corrected chi connectivity index (χ0v) is 10.8. The minimum atomic E-state index is -0.0995. The van der Waals surface area contributed by atoms with Crippen LogP contribution >= 0.6 is 11.3 Å². The first-order chi connectivity index (χ1) is 8.83. The van der Waals surface area contributed by atoms with Crippen LogP contribution < -0.4 is 0 Å². The number of ketones is 1. The number of nitrogens with one attached hydrogen (secondary N) is 1. The highest BCUT2D eigenvalue weighted by atomic mass is 32.1. The fraction of sp³-hybridized carbons (Fsp3) is 0.267. The van der Waals surface area contributed by atoms with E-state index < -0.39 is 0 Å². The zero-order valence-electron chi connectivity index (χ0n) is 9.95. The second kappa shape index (κ2) is 4.83. The fourth-order valence-electron chi connectivity index (χ4n) is 2.26. The Labute approximate surface area is 110 Å². The van der Waals surface area contributed by atoms with Crippen LogP contribution in [0.4, 0.5) is 0 Å². The predicted octanol–water partition coefficient (Wildman–Crippen LogP) is 3.19. The number of aryl methyl sites for hydroxylation is 2. The van der Waals surface area contributed by atoms with Crippen LogP contribution in [-0.2, 0) is 12.8 Å². The normalized spacial score (nSPS) is 13.6. The molecule has 3 heteroatoms.